The first-order valence-electron chi connectivity index (χ1n) is 19.9. The third-order valence-electron chi connectivity index (χ3n) is 11.3. The van der Waals surface area contributed by atoms with Gasteiger partial charge in [0.1, 0.15) is 43.8 Å². The Hall–Kier alpha value is -6.89. The van der Waals surface area contributed by atoms with Gasteiger partial charge in [-0.25, -0.2) is 19.4 Å². The summed E-state index contributed by atoms with van der Waals surface area (Å²) in [5.41, 5.74) is 5.92. The third kappa shape index (κ3) is 7.99. The molecule has 6 atom stereocenters. The number of anilines is 1. The Morgan fingerprint density at radius 2 is 1.73 bits per heavy atom. The number of nitrogens with zero attached hydrogens (tertiary/aromatic N) is 2. The number of alkyl carbamates (subject to hydrolysis) is 1. The maximum absolute atomic E-state index is 13.8. The average Bonchev–Trinajstić information content (AvgIpc) is 3.89. The van der Waals surface area contributed by atoms with Crippen molar-refractivity contribution in [3.05, 3.63) is 74.6 Å². The number of aliphatic hydroxyl groups excluding tert-OH is 3. The maximum atomic E-state index is 13.8. The van der Waals surface area contributed by atoms with Crippen LogP contribution in [-0.4, -0.2) is 116 Å². The summed E-state index contributed by atoms with van der Waals surface area (Å²) < 4.78 is 33.9. The second-order valence-electron chi connectivity index (χ2n) is 15.2. The molecular weight excluding hydrogens is 848 g/mol. The fourth-order valence-corrected chi connectivity index (χ4v) is 7.84. The van der Waals surface area contributed by atoms with Crippen LogP contribution in [0.2, 0.25) is 0 Å². The lowest BCUT2D eigenvalue weighted by Crippen LogP contribution is -2.61. The van der Waals surface area contributed by atoms with Crippen LogP contribution in [0.15, 0.2) is 41.2 Å². The fourth-order valence-electron chi connectivity index (χ4n) is 7.84. The molecule has 1 saturated heterocycles. The number of pyridine rings is 2. The van der Waals surface area contributed by atoms with Crippen molar-refractivity contribution in [2.24, 2.45) is 5.73 Å². The highest BCUT2D eigenvalue weighted by Gasteiger charge is 2.49. The van der Waals surface area contributed by atoms with E-state index in [9.17, 15) is 54.3 Å². The number of nitrogens with two attached hydrogens (primary N) is 1. The van der Waals surface area contributed by atoms with E-state index in [2.05, 4.69) is 16.0 Å². The number of aliphatic carboxylic acids is 1. The van der Waals surface area contributed by atoms with Crippen LogP contribution < -0.4 is 41.5 Å². The van der Waals surface area contributed by atoms with Crippen molar-refractivity contribution in [2.45, 2.75) is 82.4 Å². The number of aliphatic hydroxyl groups is 4. The summed E-state index contributed by atoms with van der Waals surface area (Å²) in [6.45, 7) is 0.309. The van der Waals surface area contributed by atoms with Gasteiger partial charge >= 0.3 is 18.0 Å². The predicted octanol–water partition coefficient (Wildman–Crippen LogP) is -1.09. The summed E-state index contributed by atoms with van der Waals surface area (Å²) in [6.07, 6.45) is -10.7. The van der Waals surface area contributed by atoms with Gasteiger partial charge in [-0.1, -0.05) is 13.0 Å². The first-order valence-corrected chi connectivity index (χ1v) is 19.9. The summed E-state index contributed by atoms with van der Waals surface area (Å²) in [7, 11) is 0. The van der Waals surface area contributed by atoms with Crippen LogP contribution >= 0.6 is 0 Å². The predicted molar refractivity (Wildman–Crippen MR) is 214 cm³/mol. The lowest BCUT2D eigenvalue weighted by Gasteiger charge is -2.38. The van der Waals surface area contributed by atoms with Crippen LogP contribution in [0.5, 0.6) is 17.2 Å². The van der Waals surface area contributed by atoms with Gasteiger partial charge in [0.05, 0.1) is 34.7 Å². The smallest absolute Gasteiger partial charge is 0.407 e. The summed E-state index contributed by atoms with van der Waals surface area (Å²) >= 11 is 0. The molecule has 0 bridgehead atoms. The van der Waals surface area contributed by atoms with Gasteiger partial charge in [0.25, 0.3) is 5.56 Å². The van der Waals surface area contributed by atoms with Crippen LogP contribution in [0.4, 0.5) is 10.5 Å². The Bertz CT molecular complexity index is 2650. The summed E-state index contributed by atoms with van der Waals surface area (Å²) in [5.74, 6) is -2.92. The molecule has 10 N–H and O–H groups in total. The zero-order valence-corrected chi connectivity index (χ0v) is 33.8. The molecule has 64 heavy (non-hydrogen) atoms. The van der Waals surface area contributed by atoms with E-state index in [-0.39, 0.29) is 75.0 Å². The number of carboxylic acid groups (broad SMARTS) is 1. The lowest BCUT2D eigenvalue weighted by atomic mass is 9.86. The number of benzene rings is 2. The molecule has 4 aromatic rings. The minimum Gasteiger partial charge on any atom is -0.479 e. The van der Waals surface area contributed by atoms with Gasteiger partial charge in [-0.15, -0.1) is 0 Å². The highest BCUT2D eigenvalue weighted by atomic mass is 16.7. The molecule has 4 aliphatic heterocycles. The zero-order valence-electron chi connectivity index (χ0n) is 33.8. The van der Waals surface area contributed by atoms with E-state index in [0.717, 1.165) is 0 Å². The molecule has 0 unspecified atom stereocenters. The van der Waals surface area contributed by atoms with Crippen molar-refractivity contribution in [3.8, 4) is 28.6 Å². The van der Waals surface area contributed by atoms with Crippen molar-refractivity contribution in [1.82, 2.24) is 20.2 Å². The number of hydrogen-bond acceptors (Lipinski definition) is 18. The number of carboxylic acids is 1. The van der Waals surface area contributed by atoms with Gasteiger partial charge in [-0.2, -0.15) is 0 Å². The van der Waals surface area contributed by atoms with Gasteiger partial charge < -0.3 is 80.2 Å². The molecule has 0 saturated carbocycles. The standard InChI is InChI=1S/C41H42N6O17/c1-2-41(58)22-9-25-31-20(13-47(25)36(53)21(22)15-59-39(41)56)19(18-8-27-28(62-16-61-27)10-23(18)46-31)11-43-30(49)12-44-40(57)60-14-17-3-4-26(24(7-17)45-29(48)5-6-42)63-38-34(52)32(50)33(51)35(64-38)37(54)55/h3-4,7-10,32-35,38,50-52,58H,2,5-6,11-16,42H2,1H3,(H,43,49)(H,44,57)(H,45,48)(H,54,55)/t32-,33-,34+,35-,38+,41-/m0/s1. The Morgan fingerprint density at radius 1 is 0.969 bits per heavy atom. The van der Waals surface area contributed by atoms with E-state index in [1.165, 1.54) is 22.8 Å². The van der Waals surface area contributed by atoms with E-state index >= 15 is 0 Å². The van der Waals surface area contributed by atoms with E-state index in [1.54, 1.807) is 25.1 Å². The second-order valence-corrected chi connectivity index (χ2v) is 15.2. The van der Waals surface area contributed by atoms with Crippen LogP contribution in [0.25, 0.3) is 22.3 Å². The van der Waals surface area contributed by atoms with E-state index in [0.29, 0.717) is 50.5 Å². The van der Waals surface area contributed by atoms with Crippen molar-refractivity contribution in [2.75, 3.05) is 25.2 Å². The van der Waals surface area contributed by atoms with Crippen molar-refractivity contribution >= 4 is 46.4 Å². The number of aromatic nitrogens is 2. The van der Waals surface area contributed by atoms with Crippen molar-refractivity contribution in [1.29, 1.82) is 0 Å². The number of carbonyl (C=O) groups is 5. The first-order chi connectivity index (χ1) is 30.6. The van der Waals surface area contributed by atoms with Gasteiger partial charge in [0.2, 0.25) is 24.9 Å². The van der Waals surface area contributed by atoms with Gasteiger partial charge in [-0.3, -0.25) is 14.4 Å². The molecule has 0 spiro atoms. The van der Waals surface area contributed by atoms with Gasteiger partial charge in [0, 0.05) is 42.1 Å². The minimum absolute atomic E-state index is 0.0106. The molecule has 23 nitrogen and oxygen atoms in total. The molecule has 1 fully saturated rings. The Morgan fingerprint density at radius 3 is 2.47 bits per heavy atom. The minimum atomic E-state index is -2.03. The van der Waals surface area contributed by atoms with Crippen molar-refractivity contribution < 1.29 is 77.9 Å². The number of nitrogens with one attached hydrogen (secondary N) is 3. The highest BCUT2D eigenvalue weighted by Crippen LogP contribution is 2.43. The zero-order chi connectivity index (χ0) is 45.6. The summed E-state index contributed by atoms with van der Waals surface area (Å²) in [5, 5.41) is 59.6. The van der Waals surface area contributed by atoms with Crippen LogP contribution in [0.1, 0.15) is 47.6 Å². The van der Waals surface area contributed by atoms with E-state index in [1.807, 2.05) is 0 Å². The first kappa shape index (κ1) is 43.7. The number of ether oxygens (including phenoxy) is 6. The molecule has 338 valence electrons. The molecule has 2 aromatic heterocycles. The number of esters is 1. The number of amides is 3. The number of hydrogen-bond donors (Lipinski definition) is 9. The van der Waals surface area contributed by atoms with E-state index < -0.39 is 78.3 Å². The summed E-state index contributed by atoms with van der Waals surface area (Å²) in [4.78, 5) is 81.4. The Balaban J connectivity index is 0.951. The van der Waals surface area contributed by atoms with E-state index in [4.69, 9.17) is 39.1 Å². The number of carbonyl (C=O) groups excluding carboxylic acids is 4. The molecule has 0 aliphatic carbocycles. The average molecular weight is 891 g/mol. The molecule has 8 rings (SSSR count). The normalized spacial score (nSPS) is 22.7. The summed E-state index contributed by atoms with van der Waals surface area (Å²) in [6, 6.07) is 9.01. The van der Waals surface area contributed by atoms with Crippen LogP contribution in [0.3, 0.4) is 0 Å². The van der Waals surface area contributed by atoms with Crippen molar-refractivity contribution in [3.63, 3.8) is 0 Å². The molecule has 2 aromatic carbocycles. The molecule has 3 amide bonds. The van der Waals surface area contributed by atoms with Gasteiger partial charge in [-0.05, 0) is 41.8 Å². The monoisotopic (exact) mass is 890 g/mol. The number of cyclic esters (lactones) is 1. The molecule has 6 heterocycles. The Labute approximate surface area is 360 Å². The fraction of sp³-hybridized carbons (Fsp3) is 0.390. The number of rotatable bonds is 13. The number of fused-ring (bicyclic) bond motifs is 6. The van der Waals surface area contributed by atoms with Gasteiger partial charge in [0.15, 0.2) is 23.2 Å². The molecular formula is C41H42N6O17. The van der Waals surface area contributed by atoms with Crippen LogP contribution in [0, 0.1) is 0 Å². The molecule has 4 aliphatic rings. The maximum Gasteiger partial charge on any atom is 0.407 e. The third-order valence-corrected chi connectivity index (χ3v) is 11.3. The largest absolute Gasteiger partial charge is 0.479 e. The van der Waals surface area contributed by atoms with Crippen LogP contribution in [-0.2, 0) is 65.3 Å². The molecule has 0 radical (unpaired) electrons. The SMILES string of the molecule is CC[C@@]1(O)C(=O)OCc2c1cc1n(c2=O)Cc2c-1nc1cc3c(cc1c2CNC(=O)CNC(=O)OCc1ccc(O[C@@H]2O[C@H](C(=O)O)[C@@H](O)[C@H](O)[C@H]2O)c(NC(=O)CCN)c1)OCO3. The topological polar surface area (TPSA) is 339 Å². The quantitative estimate of drug-likeness (QED) is 0.0634. The highest BCUT2D eigenvalue weighted by molar-refractivity contribution is 5.93. The Kier molecular flexibility index (Phi) is 11.9. The lowest BCUT2D eigenvalue weighted by molar-refractivity contribution is -0.271. The molecule has 23 heteroatoms. The second kappa shape index (κ2) is 17.3.